The minimum Gasteiger partial charge on any atom is -0.491 e. The Hall–Kier alpha value is -3.15. The fraction of sp³-hybridized carbons (Fsp3) is 0.406. The Morgan fingerprint density at radius 2 is 1.93 bits per heavy atom. The van der Waals surface area contributed by atoms with Gasteiger partial charge in [0.1, 0.15) is 17.4 Å². The molecular formula is C32H44N4O4S2. The number of hydrogen-bond donors (Lipinski definition) is 2. The number of ether oxygens (including phenoxy) is 2. The molecule has 0 radical (unpaired) electrons. The largest absolute Gasteiger partial charge is 0.491 e. The molecule has 8 nitrogen and oxygen atoms in total. The van der Waals surface area contributed by atoms with Crippen LogP contribution in [-0.2, 0) is 16.0 Å². The first-order valence-electron chi connectivity index (χ1n) is 14.1. The molecule has 42 heavy (non-hydrogen) atoms. The third-order valence-electron chi connectivity index (χ3n) is 6.14. The summed E-state index contributed by atoms with van der Waals surface area (Å²) in [5.74, 6) is 0.0635. The molecule has 0 bridgehead atoms. The van der Waals surface area contributed by atoms with Gasteiger partial charge >= 0.3 is 5.97 Å². The number of rotatable bonds is 17. The van der Waals surface area contributed by atoms with Gasteiger partial charge in [0, 0.05) is 33.6 Å². The van der Waals surface area contributed by atoms with E-state index in [9.17, 15) is 9.90 Å². The number of allylic oxidation sites excluding steroid dienone is 2. The maximum atomic E-state index is 12.4. The number of carboxylic acids is 1. The van der Waals surface area contributed by atoms with E-state index in [1.807, 2.05) is 41.8 Å². The number of carboxylic acid groups (broad SMARTS) is 1. The minimum atomic E-state index is -1.04. The Morgan fingerprint density at radius 1 is 1.17 bits per heavy atom. The topological polar surface area (TPSA) is 110 Å². The summed E-state index contributed by atoms with van der Waals surface area (Å²) >= 11 is 2.93. The highest BCUT2D eigenvalue weighted by molar-refractivity contribution is 7.13. The van der Waals surface area contributed by atoms with Gasteiger partial charge in [-0.2, -0.15) is 0 Å². The van der Waals surface area contributed by atoms with Crippen LogP contribution in [0.25, 0.3) is 22.4 Å². The third-order valence-corrected chi connectivity index (χ3v) is 8.17. The van der Waals surface area contributed by atoms with E-state index in [-0.39, 0.29) is 5.57 Å². The van der Waals surface area contributed by atoms with Crippen molar-refractivity contribution in [3.05, 3.63) is 68.8 Å². The number of likely N-dealkylation sites (N-methyl/N-ethyl adjacent to an activating group) is 1. The van der Waals surface area contributed by atoms with Gasteiger partial charge in [0.25, 0.3) is 0 Å². The molecule has 3 aromatic rings. The van der Waals surface area contributed by atoms with Crippen molar-refractivity contribution >= 4 is 46.5 Å². The van der Waals surface area contributed by atoms with Crippen LogP contribution in [0.5, 0.6) is 5.75 Å². The monoisotopic (exact) mass is 612 g/mol. The average Bonchev–Trinajstić information content (AvgIpc) is 3.66. The van der Waals surface area contributed by atoms with E-state index in [2.05, 4.69) is 50.0 Å². The van der Waals surface area contributed by atoms with Crippen molar-refractivity contribution in [2.24, 2.45) is 16.6 Å². The second-order valence-electron chi connectivity index (χ2n) is 9.51. The molecule has 0 atom stereocenters. The molecule has 3 rings (SSSR count). The standard InChI is InChI=1S/C31H39N3O4S2.CH5N/c1-6-34(7-2)13-14-37-15-16-38-25-11-8-10-23(19-25)29-28(18-22(3)4)40-30(33-29)26(31(35)36)20-24(21-32-5)27-12-9-17-39-27;1-2/h8-12,17,19-22H,5-7,13-16,18H2,1-4H3,(H,35,36);2H2,1H3/b24-21+,26-20+;. The predicted octanol–water partition coefficient (Wildman–Crippen LogP) is 6.59. The number of benzene rings is 1. The van der Waals surface area contributed by atoms with Crippen molar-refractivity contribution in [1.29, 1.82) is 0 Å². The number of thiophene rings is 1. The highest BCUT2D eigenvalue weighted by Gasteiger charge is 2.21. The Morgan fingerprint density at radius 3 is 2.55 bits per heavy atom. The summed E-state index contributed by atoms with van der Waals surface area (Å²) in [6.07, 6.45) is 3.99. The van der Waals surface area contributed by atoms with Gasteiger partial charge in [0.2, 0.25) is 0 Å². The fourth-order valence-corrected chi connectivity index (χ4v) is 6.08. The SMILES string of the molecule is C=N/C=C(\C=C(\C(=O)O)c1nc(-c2cccc(OCCOCCN(CC)CC)c2)c(CC(C)C)s1)c1cccs1.CN. The quantitative estimate of drug-likeness (QED) is 0.0766. The van der Waals surface area contributed by atoms with Gasteiger partial charge in [0.05, 0.1) is 24.5 Å². The number of aliphatic carboxylic acids is 1. The molecule has 0 aliphatic heterocycles. The molecule has 0 spiro atoms. The maximum Gasteiger partial charge on any atom is 0.338 e. The van der Waals surface area contributed by atoms with Crippen LogP contribution in [0.4, 0.5) is 0 Å². The second kappa shape index (κ2) is 19.1. The van der Waals surface area contributed by atoms with Gasteiger partial charge in [-0.25, -0.2) is 9.78 Å². The zero-order valence-electron chi connectivity index (χ0n) is 25.3. The van der Waals surface area contributed by atoms with Gasteiger partial charge in [-0.1, -0.05) is 45.9 Å². The Bertz CT molecular complexity index is 1300. The van der Waals surface area contributed by atoms with Gasteiger partial charge < -0.3 is 25.2 Å². The van der Waals surface area contributed by atoms with Crippen molar-refractivity contribution in [2.75, 3.05) is 46.5 Å². The maximum absolute atomic E-state index is 12.4. The Balaban J connectivity index is 0.00000301. The summed E-state index contributed by atoms with van der Waals surface area (Å²) in [7, 11) is 1.50. The van der Waals surface area contributed by atoms with Crippen LogP contribution in [0.2, 0.25) is 0 Å². The van der Waals surface area contributed by atoms with Crippen molar-refractivity contribution in [1.82, 2.24) is 9.88 Å². The molecule has 3 N–H and O–H groups in total. The lowest BCUT2D eigenvalue weighted by atomic mass is 10.0. The van der Waals surface area contributed by atoms with E-state index in [1.165, 1.54) is 29.7 Å². The molecule has 2 heterocycles. The van der Waals surface area contributed by atoms with Crippen LogP contribution in [0, 0.1) is 5.92 Å². The minimum absolute atomic E-state index is 0.124. The normalized spacial score (nSPS) is 11.9. The number of nitrogens with two attached hydrogens (primary N) is 1. The molecule has 0 saturated heterocycles. The summed E-state index contributed by atoms with van der Waals surface area (Å²) < 4.78 is 11.7. The summed E-state index contributed by atoms with van der Waals surface area (Å²) in [5.41, 5.74) is 6.98. The Kier molecular flexibility index (Phi) is 16.0. The summed E-state index contributed by atoms with van der Waals surface area (Å²) in [4.78, 5) is 25.4. The highest BCUT2D eigenvalue weighted by Crippen LogP contribution is 2.36. The second-order valence-corrected chi connectivity index (χ2v) is 11.5. The molecule has 0 aliphatic rings. The first-order chi connectivity index (χ1) is 20.4. The van der Waals surface area contributed by atoms with Crippen LogP contribution in [-0.4, -0.2) is 74.2 Å². The number of hydrogen-bond acceptors (Lipinski definition) is 9. The van der Waals surface area contributed by atoms with Crippen LogP contribution in [0.3, 0.4) is 0 Å². The molecule has 0 unspecified atom stereocenters. The molecule has 1 aromatic carbocycles. The Labute approximate surface area is 258 Å². The average molecular weight is 613 g/mol. The van der Waals surface area contributed by atoms with E-state index in [0.29, 0.717) is 36.3 Å². The first kappa shape index (κ1) is 35.0. The number of thiazole rings is 1. The zero-order chi connectivity index (χ0) is 30.9. The van der Waals surface area contributed by atoms with E-state index in [4.69, 9.17) is 14.5 Å². The molecule has 2 aromatic heterocycles. The number of aliphatic imine (C=N–C) groups is 1. The number of aromatic nitrogens is 1. The third kappa shape index (κ3) is 10.9. The lowest BCUT2D eigenvalue weighted by Gasteiger charge is -2.17. The number of nitrogens with zero attached hydrogens (tertiary/aromatic N) is 3. The van der Waals surface area contributed by atoms with Crippen LogP contribution in [0.15, 0.2) is 59.0 Å². The van der Waals surface area contributed by atoms with E-state index in [0.717, 1.165) is 52.8 Å². The van der Waals surface area contributed by atoms with E-state index >= 15 is 0 Å². The summed E-state index contributed by atoms with van der Waals surface area (Å²) in [5, 5.41) is 12.5. The lowest BCUT2D eigenvalue weighted by Crippen LogP contribution is -2.27. The smallest absolute Gasteiger partial charge is 0.338 e. The summed E-state index contributed by atoms with van der Waals surface area (Å²) in [6, 6.07) is 11.6. The fourth-order valence-electron chi connectivity index (χ4n) is 4.07. The molecule has 10 heteroatoms. The molecule has 0 aliphatic carbocycles. The van der Waals surface area contributed by atoms with Crippen molar-refractivity contribution in [2.45, 2.75) is 34.1 Å². The summed E-state index contributed by atoms with van der Waals surface area (Å²) in [6.45, 7) is 16.7. The predicted molar refractivity (Wildman–Crippen MR) is 178 cm³/mol. The van der Waals surface area contributed by atoms with Gasteiger partial charge in [-0.05, 0) is 68.8 Å². The van der Waals surface area contributed by atoms with Gasteiger partial charge in [0.15, 0.2) is 0 Å². The van der Waals surface area contributed by atoms with Crippen molar-refractivity contribution in [3.8, 4) is 17.0 Å². The lowest BCUT2D eigenvalue weighted by molar-refractivity contribution is -0.130. The van der Waals surface area contributed by atoms with E-state index in [1.54, 1.807) is 12.3 Å². The van der Waals surface area contributed by atoms with Crippen LogP contribution >= 0.6 is 22.7 Å². The van der Waals surface area contributed by atoms with Gasteiger partial charge in [-0.15, -0.1) is 22.7 Å². The van der Waals surface area contributed by atoms with Gasteiger partial charge in [-0.3, -0.25) is 4.99 Å². The van der Waals surface area contributed by atoms with Crippen molar-refractivity contribution in [3.63, 3.8) is 0 Å². The van der Waals surface area contributed by atoms with E-state index < -0.39 is 5.97 Å². The molecule has 0 saturated carbocycles. The molecule has 0 amide bonds. The first-order valence-corrected chi connectivity index (χ1v) is 15.8. The zero-order valence-corrected chi connectivity index (χ0v) is 27.0. The number of carbonyl (C=O) groups is 1. The van der Waals surface area contributed by atoms with Crippen LogP contribution < -0.4 is 10.5 Å². The van der Waals surface area contributed by atoms with Crippen molar-refractivity contribution < 1.29 is 19.4 Å². The highest BCUT2D eigenvalue weighted by atomic mass is 32.1. The molecular weight excluding hydrogens is 569 g/mol. The molecule has 228 valence electrons. The molecule has 0 fully saturated rings. The van der Waals surface area contributed by atoms with Crippen LogP contribution in [0.1, 0.15) is 42.5 Å².